The monoisotopic (exact) mass is 191 g/mol. The molecule has 0 aliphatic rings. The highest BCUT2D eigenvalue weighted by Crippen LogP contribution is 2.19. The molecule has 0 radical (unpaired) electrons. The van der Waals surface area contributed by atoms with Crippen LogP contribution in [0.3, 0.4) is 0 Å². The molecule has 0 saturated heterocycles. The van der Waals surface area contributed by atoms with Crippen LogP contribution < -0.4 is 0 Å². The molecule has 72 valence electrons. The maximum Gasteiger partial charge on any atom is 0.184 e. The van der Waals surface area contributed by atoms with Gasteiger partial charge < -0.3 is 0 Å². The van der Waals surface area contributed by atoms with Crippen molar-refractivity contribution in [2.45, 2.75) is 13.8 Å². The minimum Gasteiger partial charge on any atom is -0.263 e. The predicted molar refractivity (Wildman–Crippen MR) is 51.3 cm³/mol. The molecule has 0 bridgehead atoms. The highest BCUT2D eigenvalue weighted by molar-refractivity contribution is 5.55. The Morgan fingerprint density at radius 2 is 2.07 bits per heavy atom. The van der Waals surface area contributed by atoms with E-state index < -0.39 is 0 Å². The van der Waals surface area contributed by atoms with Crippen molar-refractivity contribution in [2.24, 2.45) is 0 Å². The summed E-state index contributed by atoms with van der Waals surface area (Å²) in [4.78, 5) is 4.06. The third kappa shape index (κ3) is 1.51. The second kappa shape index (κ2) is 3.21. The summed E-state index contributed by atoms with van der Waals surface area (Å²) in [5.41, 5.74) is 1.32. The number of aryl methyl sites for hydroxylation is 2. The molecule has 1 aromatic heterocycles. The van der Waals surface area contributed by atoms with Gasteiger partial charge in [-0.05, 0) is 31.5 Å². The normalized spacial score (nSPS) is 10.5. The van der Waals surface area contributed by atoms with Crippen molar-refractivity contribution >= 4 is 0 Å². The molecule has 1 N–H and O–H groups in total. The summed E-state index contributed by atoms with van der Waals surface area (Å²) in [5.74, 6) is 0.795. The van der Waals surface area contributed by atoms with Crippen LogP contribution in [0.1, 0.15) is 11.4 Å². The summed E-state index contributed by atoms with van der Waals surface area (Å²) in [7, 11) is 0. The van der Waals surface area contributed by atoms with Gasteiger partial charge in [0.15, 0.2) is 5.82 Å². The molecule has 14 heavy (non-hydrogen) atoms. The SMILES string of the molecule is Cc1ccc(-c2n[nH]c(C)n2)c(F)c1. The van der Waals surface area contributed by atoms with Crippen LogP contribution in [0.25, 0.3) is 11.4 Å². The summed E-state index contributed by atoms with van der Waals surface area (Å²) in [6.45, 7) is 3.62. The molecule has 1 aromatic carbocycles. The molecule has 4 heteroatoms. The molecule has 0 fully saturated rings. The third-order valence-electron chi connectivity index (χ3n) is 1.96. The van der Waals surface area contributed by atoms with Crippen molar-refractivity contribution in [3.8, 4) is 11.4 Å². The maximum atomic E-state index is 13.5. The fourth-order valence-corrected chi connectivity index (χ4v) is 1.26. The van der Waals surface area contributed by atoms with Gasteiger partial charge in [-0.3, -0.25) is 5.10 Å². The first kappa shape index (κ1) is 8.87. The molecule has 2 aromatic rings. The fraction of sp³-hybridized carbons (Fsp3) is 0.200. The van der Waals surface area contributed by atoms with Gasteiger partial charge in [-0.2, -0.15) is 5.10 Å². The molecular weight excluding hydrogens is 181 g/mol. The van der Waals surface area contributed by atoms with Crippen LogP contribution in [-0.2, 0) is 0 Å². The maximum absolute atomic E-state index is 13.5. The number of nitrogens with one attached hydrogen (secondary N) is 1. The first-order valence-corrected chi connectivity index (χ1v) is 4.32. The van der Waals surface area contributed by atoms with Gasteiger partial charge in [-0.1, -0.05) is 6.07 Å². The van der Waals surface area contributed by atoms with Crippen molar-refractivity contribution in [1.29, 1.82) is 0 Å². The molecule has 2 rings (SSSR count). The Hall–Kier alpha value is -1.71. The van der Waals surface area contributed by atoms with Gasteiger partial charge in [-0.15, -0.1) is 0 Å². The number of H-pyrrole nitrogens is 1. The number of hydrogen-bond donors (Lipinski definition) is 1. The van der Waals surface area contributed by atoms with Crippen LogP contribution in [0.2, 0.25) is 0 Å². The lowest BCUT2D eigenvalue weighted by atomic mass is 10.1. The number of aromatic nitrogens is 3. The second-order valence-corrected chi connectivity index (χ2v) is 3.23. The van der Waals surface area contributed by atoms with E-state index in [4.69, 9.17) is 0 Å². The third-order valence-corrected chi connectivity index (χ3v) is 1.96. The Balaban J connectivity index is 2.52. The molecule has 0 spiro atoms. The topological polar surface area (TPSA) is 41.6 Å². The summed E-state index contributed by atoms with van der Waals surface area (Å²) < 4.78 is 13.5. The fourth-order valence-electron chi connectivity index (χ4n) is 1.26. The van der Waals surface area contributed by atoms with E-state index in [1.165, 1.54) is 6.07 Å². The van der Waals surface area contributed by atoms with E-state index >= 15 is 0 Å². The zero-order valence-electron chi connectivity index (χ0n) is 8.00. The zero-order chi connectivity index (χ0) is 10.1. The van der Waals surface area contributed by atoms with Crippen molar-refractivity contribution in [3.05, 3.63) is 35.4 Å². The molecule has 0 aliphatic carbocycles. The quantitative estimate of drug-likeness (QED) is 0.750. The Morgan fingerprint density at radius 1 is 1.29 bits per heavy atom. The standard InChI is InChI=1S/C10H10FN3/c1-6-3-4-8(9(11)5-6)10-12-7(2)13-14-10/h3-5H,1-2H3,(H,12,13,14). The summed E-state index contributed by atoms with van der Waals surface area (Å²) in [5, 5.41) is 6.58. The number of nitrogens with zero attached hydrogens (tertiary/aromatic N) is 2. The number of hydrogen-bond acceptors (Lipinski definition) is 2. The van der Waals surface area contributed by atoms with Gasteiger partial charge in [0.05, 0.1) is 5.56 Å². The Morgan fingerprint density at radius 3 is 2.64 bits per heavy atom. The molecule has 0 atom stereocenters. The first-order valence-electron chi connectivity index (χ1n) is 4.32. The number of halogens is 1. The minimum atomic E-state index is -0.288. The van der Waals surface area contributed by atoms with E-state index in [0.29, 0.717) is 17.2 Å². The average molecular weight is 191 g/mol. The van der Waals surface area contributed by atoms with E-state index in [-0.39, 0.29) is 5.82 Å². The smallest absolute Gasteiger partial charge is 0.184 e. The number of benzene rings is 1. The molecule has 0 unspecified atom stereocenters. The molecule has 1 heterocycles. The molecule has 0 saturated carbocycles. The lowest BCUT2D eigenvalue weighted by molar-refractivity contribution is 0.629. The van der Waals surface area contributed by atoms with Crippen molar-refractivity contribution in [3.63, 3.8) is 0 Å². The van der Waals surface area contributed by atoms with Crippen LogP contribution in [0, 0.1) is 19.7 Å². The second-order valence-electron chi connectivity index (χ2n) is 3.23. The lowest BCUT2D eigenvalue weighted by Crippen LogP contribution is -1.87. The van der Waals surface area contributed by atoms with Crippen molar-refractivity contribution < 1.29 is 4.39 Å². The van der Waals surface area contributed by atoms with E-state index in [1.807, 2.05) is 13.0 Å². The predicted octanol–water partition coefficient (Wildman–Crippen LogP) is 2.23. The van der Waals surface area contributed by atoms with Crippen LogP contribution in [0.5, 0.6) is 0 Å². The minimum absolute atomic E-state index is 0.288. The van der Waals surface area contributed by atoms with E-state index in [0.717, 1.165) is 5.56 Å². The average Bonchev–Trinajstić information content (AvgIpc) is 2.51. The van der Waals surface area contributed by atoms with Gasteiger partial charge in [0.1, 0.15) is 11.6 Å². The van der Waals surface area contributed by atoms with Crippen LogP contribution in [-0.4, -0.2) is 15.2 Å². The largest absolute Gasteiger partial charge is 0.263 e. The lowest BCUT2D eigenvalue weighted by Gasteiger charge is -1.98. The summed E-state index contributed by atoms with van der Waals surface area (Å²) >= 11 is 0. The van der Waals surface area contributed by atoms with E-state index in [9.17, 15) is 4.39 Å². The Bertz CT molecular complexity index is 462. The van der Waals surface area contributed by atoms with Gasteiger partial charge >= 0.3 is 0 Å². The number of rotatable bonds is 1. The van der Waals surface area contributed by atoms with Crippen molar-refractivity contribution in [1.82, 2.24) is 15.2 Å². The first-order chi connectivity index (χ1) is 6.66. The van der Waals surface area contributed by atoms with Gasteiger partial charge in [0.2, 0.25) is 0 Å². The van der Waals surface area contributed by atoms with Crippen molar-refractivity contribution in [2.75, 3.05) is 0 Å². The van der Waals surface area contributed by atoms with Crippen LogP contribution >= 0.6 is 0 Å². The molecule has 3 nitrogen and oxygen atoms in total. The van der Waals surface area contributed by atoms with Gasteiger partial charge in [-0.25, -0.2) is 9.37 Å². The highest BCUT2D eigenvalue weighted by Gasteiger charge is 2.08. The molecule has 0 amide bonds. The van der Waals surface area contributed by atoms with E-state index in [1.54, 1.807) is 13.0 Å². The summed E-state index contributed by atoms with van der Waals surface area (Å²) in [6.07, 6.45) is 0. The Labute approximate surface area is 81.0 Å². The highest BCUT2D eigenvalue weighted by atomic mass is 19.1. The van der Waals surface area contributed by atoms with Crippen LogP contribution in [0.4, 0.5) is 4.39 Å². The zero-order valence-corrected chi connectivity index (χ0v) is 8.00. The van der Waals surface area contributed by atoms with E-state index in [2.05, 4.69) is 15.2 Å². The molecular formula is C10H10FN3. The van der Waals surface area contributed by atoms with Gasteiger partial charge in [0, 0.05) is 0 Å². The Kier molecular flexibility index (Phi) is 2.04. The molecule has 0 aliphatic heterocycles. The number of aromatic amines is 1. The van der Waals surface area contributed by atoms with Crippen LogP contribution in [0.15, 0.2) is 18.2 Å². The summed E-state index contributed by atoms with van der Waals surface area (Å²) in [6, 6.07) is 5.00. The van der Waals surface area contributed by atoms with Gasteiger partial charge in [0.25, 0.3) is 0 Å².